The Labute approximate surface area is 152 Å². The fourth-order valence-corrected chi connectivity index (χ4v) is 3.38. The van der Waals surface area contributed by atoms with Crippen LogP contribution >= 0.6 is 0 Å². The first-order valence-electron chi connectivity index (χ1n) is 7.89. The van der Waals surface area contributed by atoms with E-state index < -0.39 is 34.3 Å². The van der Waals surface area contributed by atoms with Crippen LogP contribution in [-0.2, 0) is 24.3 Å². The standard InChI is InChI=1S/C16H23FN2O6S/c1-18(26(23,24)14-7-5-13(17)6-8-14)9-3-4-15(20)19(10-11-25-2)12-16(21)22/h5-8H,3-4,9-12H2,1-2H3,(H,21,22). The van der Waals surface area contributed by atoms with Gasteiger partial charge in [0.1, 0.15) is 12.4 Å². The molecule has 0 unspecified atom stereocenters. The molecule has 0 aromatic heterocycles. The van der Waals surface area contributed by atoms with Gasteiger partial charge in [0.05, 0.1) is 11.5 Å². The number of nitrogens with zero attached hydrogens (tertiary/aromatic N) is 2. The molecule has 0 bridgehead atoms. The van der Waals surface area contributed by atoms with Crippen molar-refractivity contribution in [2.75, 3.05) is 40.4 Å². The summed E-state index contributed by atoms with van der Waals surface area (Å²) in [6.07, 6.45) is 0.221. The lowest BCUT2D eigenvalue weighted by Crippen LogP contribution is -2.38. The zero-order valence-electron chi connectivity index (χ0n) is 14.7. The quantitative estimate of drug-likeness (QED) is 0.599. The minimum atomic E-state index is -3.78. The number of amides is 1. The van der Waals surface area contributed by atoms with Crippen LogP contribution in [-0.4, -0.2) is 75.0 Å². The van der Waals surface area contributed by atoms with Crippen LogP contribution in [0.5, 0.6) is 0 Å². The maximum Gasteiger partial charge on any atom is 0.323 e. The van der Waals surface area contributed by atoms with Crippen LogP contribution in [0.25, 0.3) is 0 Å². The van der Waals surface area contributed by atoms with Crippen molar-refractivity contribution in [1.82, 2.24) is 9.21 Å². The lowest BCUT2D eigenvalue weighted by atomic mass is 10.2. The van der Waals surface area contributed by atoms with E-state index in [-0.39, 0.29) is 37.4 Å². The van der Waals surface area contributed by atoms with Gasteiger partial charge in [0.2, 0.25) is 15.9 Å². The first-order valence-corrected chi connectivity index (χ1v) is 9.33. The maximum absolute atomic E-state index is 12.9. The third-order valence-corrected chi connectivity index (χ3v) is 5.50. The SMILES string of the molecule is COCCN(CC(=O)O)C(=O)CCCN(C)S(=O)(=O)c1ccc(F)cc1. The number of carbonyl (C=O) groups excluding carboxylic acids is 1. The number of ether oxygens (including phenoxy) is 1. The Hall–Kier alpha value is -2.04. The number of carboxylic acid groups (broad SMARTS) is 1. The van der Waals surface area contributed by atoms with Crippen molar-refractivity contribution in [3.8, 4) is 0 Å². The Morgan fingerprint density at radius 1 is 1.19 bits per heavy atom. The molecule has 8 nitrogen and oxygen atoms in total. The minimum Gasteiger partial charge on any atom is -0.480 e. The topological polar surface area (TPSA) is 104 Å². The predicted octanol–water partition coefficient (Wildman–Crippen LogP) is 0.786. The molecule has 0 atom stereocenters. The van der Waals surface area contributed by atoms with Crippen molar-refractivity contribution in [2.45, 2.75) is 17.7 Å². The molecule has 1 aromatic carbocycles. The molecule has 1 rings (SSSR count). The van der Waals surface area contributed by atoms with Gasteiger partial charge in [-0.1, -0.05) is 0 Å². The largest absolute Gasteiger partial charge is 0.480 e. The maximum atomic E-state index is 12.9. The van der Waals surface area contributed by atoms with Crippen LogP contribution in [0.1, 0.15) is 12.8 Å². The summed E-state index contributed by atoms with van der Waals surface area (Å²) in [5.41, 5.74) is 0. The van der Waals surface area contributed by atoms with E-state index in [0.717, 1.165) is 21.3 Å². The molecule has 0 aliphatic carbocycles. The summed E-state index contributed by atoms with van der Waals surface area (Å²) in [4.78, 5) is 24.1. The number of halogens is 1. The monoisotopic (exact) mass is 390 g/mol. The number of methoxy groups -OCH3 is 1. The first kappa shape index (κ1) is 22.0. The normalized spacial score (nSPS) is 11.5. The van der Waals surface area contributed by atoms with E-state index in [1.54, 1.807) is 0 Å². The van der Waals surface area contributed by atoms with Gasteiger partial charge in [-0.2, -0.15) is 0 Å². The average Bonchev–Trinajstić information content (AvgIpc) is 2.58. The summed E-state index contributed by atoms with van der Waals surface area (Å²) in [5, 5.41) is 8.85. The second kappa shape index (κ2) is 10.2. The summed E-state index contributed by atoms with van der Waals surface area (Å²) in [6.45, 7) is -0.0221. The van der Waals surface area contributed by atoms with E-state index in [1.165, 1.54) is 26.3 Å². The zero-order valence-corrected chi connectivity index (χ0v) is 15.5. The predicted molar refractivity (Wildman–Crippen MR) is 91.5 cm³/mol. The van der Waals surface area contributed by atoms with Crippen LogP contribution in [0.4, 0.5) is 4.39 Å². The van der Waals surface area contributed by atoms with Crippen LogP contribution < -0.4 is 0 Å². The Balaban J connectivity index is 2.60. The van der Waals surface area contributed by atoms with Gasteiger partial charge in [0.25, 0.3) is 0 Å². The number of carboxylic acids is 1. The highest BCUT2D eigenvalue weighted by atomic mass is 32.2. The first-order chi connectivity index (χ1) is 12.2. The second-order valence-electron chi connectivity index (χ2n) is 5.59. The molecule has 146 valence electrons. The van der Waals surface area contributed by atoms with E-state index in [4.69, 9.17) is 9.84 Å². The van der Waals surface area contributed by atoms with E-state index >= 15 is 0 Å². The fourth-order valence-electron chi connectivity index (χ4n) is 2.17. The van der Waals surface area contributed by atoms with Crippen molar-refractivity contribution in [2.24, 2.45) is 0 Å². The molecule has 0 radical (unpaired) electrons. The Kier molecular flexibility index (Phi) is 8.62. The minimum absolute atomic E-state index is 0.000270. The van der Waals surface area contributed by atoms with Gasteiger partial charge in [0.15, 0.2) is 0 Å². The van der Waals surface area contributed by atoms with Crippen LogP contribution in [0.3, 0.4) is 0 Å². The lowest BCUT2D eigenvalue weighted by Gasteiger charge is -2.21. The molecule has 0 aliphatic rings. The van der Waals surface area contributed by atoms with Gasteiger partial charge in [-0.25, -0.2) is 17.1 Å². The van der Waals surface area contributed by atoms with E-state index in [0.29, 0.717) is 0 Å². The summed E-state index contributed by atoms with van der Waals surface area (Å²) >= 11 is 0. The number of sulfonamides is 1. The van der Waals surface area contributed by atoms with E-state index in [1.807, 2.05) is 0 Å². The molecule has 26 heavy (non-hydrogen) atoms. The average molecular weight is 390 g/mol. The van der Waals surface area contributed by atoms with Crippen molar-refractivity contribution in [1.29, 1.82) is 0 Å². The molecule has 0 heterocycles. The lowest BCUT2D eigenvalue weighted by molar-refractivity contribution is -0.144. The Morgan fingerprint density at radius 3 is 2.35 bits per heavy atom. The van der Waals surface area contributed by atoms with Crippen molar-refractivity contribution in [3.63, 3.8) is 0 Å². The number of rotatable bonds is 11. The molecule has 1 N–H and O–H groups in total. The molecule has 0 saturated carbocycles. The Morgan fingerprint density at radius 2 is 1.81 bits per heavy atom. The zero-order chi connectivity index (χ0) is 19.7. The molecular formula is C16H23FN2O6S. The highest BCUT2D eigenvalue weighted by molar-refractivity contribution is 7.89. The third-order valence-electron chi connectivity index (χ3n) is 3.63. The van der Waals surface area contributed by atoms with Crippen molar-refractivity contribution >= 4 is 21.9 Å². The van der Waals surface area contributed by atoms with Crippen molar-refractivity contribution < 1.29 is 32.2 Å². The summed E-state index contributed by atoms with van der Waals surface area (Å²) in [6, 6.07) is 4.46. The van der Waals surface area contributed by atoms with Crippen LogP contribution in [0.2, 0.25) is 0 Å². The summed E-state index contributed by atoms with van der Waals surface area (Å²) in [5.74, 6) is -2.06. The molecule has 0 aliphatic heterocycles. The number of benzene rings is 1. The molecule has 0 fully saturated rings. The highest BCUT2D eigenvalue weighted by Gasteiger charge is 2.22. The number of hydrogen-bond acceptors (Lipinski definition) is 5. The summed E-state index contributed by atoms with van der Waals surface area (Å²) < 4.78 is 43.5. The van der Waals surface area contributed by atoms with Gasteiger partial charge in [-0.05, 0) is 30.7 Å². The van der Waals surface area contributed by atoms with Gasteiger partial charge < -0.3 is 14.7 Å². The third kappa shape index (κ3) is 6.70. The molecule has 10 heteroatoms. The summed E-state index contributed by atoms with van der Waals surface area (Å²) in [7, 11) is -0.972. The smallest absolute Gasteiger partial charge is 0.323 e. The number of hydrogen-bond donors (Lipinski definition) is 1. The molecule has 1 amide bonds. The van der Waals surface area contributed by atoms with Gasteiger partial charge in [0, 0.05) is 33.7 Å². The Bertz CT molecular complexity index is 708. The van der Waals surface area contributed by atoms with Crippen molar-refractivity contribution in [3.05, 3.63) is 30.1 Å². The molecule has 1 aromatic rings. The van der Waals surface area contributed by atoms with Gasteiger partial charge in [-0.3, -0.25) is 9.59 Å². The second-order valence-corrected chi connectivity index (χ2v) is 7.63. The highest BCUT2D eigenvalue weighted by Crippen LogP contribution is 2.15. The van der Waals surface area contributed by atoms with E-state index in [2.05, 4.69) is 0 Å². The molecule has 0 spiro atoms. The van der Waals surface area contributed by atoms with Crippen LogP contribution in [0, 0.1) is 5.82 Å². The molecule has 0 saturated heterocycles. The van der Waals surface area contributed by atoms with Gasteiger partial charge in [-0.15, -0.1) is 0 Å². The molecular weight excluding hydrogens is 367 g/mol. The van der Waals surface area contributed by atoms with E-state index in [9.17, 15) is 22.4 Å². The number of aliphatic carboxylic acids is 1. The van der Waals surface area contributed by atoms with Crippen LogP contribution in [0.15, 0.2) is 29.2 Å². The number of carbonyl (C=O) groups is 2. The van der Waals surface area contributed by atoms with Gasteiger partial charge >= 0.3 is 5.97 Å². The fraction of sp³-hybridized carbons (Fsp3) is 0.500.